The van der Waals surface area contributed by atoms with Gasteiger partial charge in [-0.05, 0) is 49.4 Å². The Morgan fingerprint density at radius 2 is 1.84 bits per heavy atom. The molecule has 0 aliphatic carbocycles. The Morgan fingerprint density at radius 3 is 2.47 bits per heavy atom. The van der Waals surface area contributed by atoms with Crippen LogP contribution in [0.4, 0.5) is 22.7 Å². The first-order valence-corrected chi connectivity index (χ1v) is 10.8. The van der Waals surface area contributed by atoms with E-state index in [1.807, 2.05) is 19.1 Å². The van der Waals surface area contributed by atoms with Crippen LogP contribution in [0.25, 0.3) is 0 Å². The zero-order valence-corrected chi connectivity index (χ0v) is 18.9. The fraction of sp³-hybridized carbons (Fsp3) is 0.435. The molecule has 32 heavy (non-hydrogen) atoms. The van der Waals surface area contributed by atoms with Gasteiger partial charge in [-0.25, -0.2) is 0 Å². The number of nitro groups is 1. The first kappa shape index (κ1) is 23.5. The second-order valence-electron chi connectivity index (χ2n) is 7.78. The predicted octanol–water partition coefficient (Wildman–Crippen LogP) is 3.36. The Balaban J connectivity index is 1.70. The van der Waals surface area contributed by atoms with Gasteiger partial charge in [0.2, 0.25) is 0 Å². The van der Waals surface area contributed by atoms with E-state index in [1.54, 1.807) is 19.2 Å². The molecule has 0 aromatic heterocycles. The van der Waals surface area contributed by atoms with Crippen LogP contribution in [0.5, 0.6) is 0 Å². The molecule has 0 saturated carbocycles. The molecule has 1 fully saturated rings. The number of carbonyl (C=O) groups is 1. The lowest BCUT2D eigenvalue weighted by Crippen LogP contribution is -2.46. The number of nitro benzene ring substituents is 1. The third-order valence-corrected chi connectivity index (χ3v) is 5.72. The maximum atomic E-state index is 12.8. The Bertz CT molecular complexity index is 957. The van der Waals surface area contributed by atoms with Crippen molar-refractivity contribution in [2.75, 3.05) is 68.5 Å². The lowest BCUT2D eigenvalue weighted by Gasteiger charge is -2.35. The standard InChI is InChI=1S/C23H31N5O4/c1-4-26-10-12-27(13-11-26)19-6-8-20(17(2)15-19)25-23(29)18-5-7-21(24-9-14-32-3)22(16-18)28(30)31/h5-8,15-16,24H,4,9-14H2,1-3H3,(H,25,29). The van der Waals surface area contributed by atoms with E-state index in [1.165, 1.54) is 6.07 Å². The van der Waals surface area contributed by atoms with Gasteiger partial charge in [0, 0.05) is 62.8 Å². The number of rotatable bonds is 9. The number of nitrogens with one attached hydrogen (secondary N) is 2. The summed E-state index contributed by atoms with van der Waals surface area (Å²) in [5.41, 5.74) is 3.21. The van der Waals surface area contributed by atoms with Gasteiger partial charge in [0.1, 0.15) is 5.69 Å². The van der Waals surface area contributed by atoms with E-state index >= 15 is 0 Å². The van der Waals surface area contributed by atoms with Crippen LogP contribution in [-0.2, 0) is 4.74 Å². The number of ether oxygens (including phenoxy) is 1. The number of methoxy groups -OCH3 is 1. The van der Waals surface area contributed by atoms with Gasteiger partial charge in [-0.1, -0.05) is 6.92 Å². The molecule has 1 heterocycles. The smallest absolute Gasteiger partial charge is 0.293 e. The molecule has 2 aromatic rings. The van der Waals surface area contributed by atoms with Crippen LogP contribution in [0.2, 0.25) is 0 Å². The fourth-order valence-electron chi connectivity index (χ4n) is 3.76. The third kappa shape index (κ3) is 5.74. The number of nitrogens with zero attached hydrogens (tertiary/aromatic N) is 3. The number of hydrogen-bond donors (Lipinski definition) is 2. The highest BCUT2D eigenvalue weighted by Gasteiger charge is 2.19. The van der Waals surface area contributed by atoms with Crippen molar-refractivity contribution in [3.63, 3.8) is 0 Å². The number of amides is 1. The van der Waals surface area contributed by atoms with E-state index in [4.69, 9.17) is 4.74 Å². The number of anilines is 3. The number of hydrogen-bond acceptors (Lipinski definition) is 7. The molecule has 0 bridgehead atoms. The summed E-state index contributed by atoms with van der Waals surface area (Å²) >= 11 is 0. The maximum absolute atomic E-state index is 12.8. The van der Waals surface area contributed by atoms with Gasteiger partial charge in [0.25, 0.3) is 11.6 Å². The summed E-state index contributed by atoms with van der Waals surface area (Å²) in [5.74, 6) is -0.385. The molecule has 2 N–H and O–H groups in total. The highest BCUT2D eigenvalue weighted by atomic mass is 16.6. The molecule has 3 rings (SSSR count). The number of carbonyl (C=O) groups excluding carboxylic acids is 1. The van der Waals surface area contributed by atoms with Gasteiger partial charge in [-0.15, -0.1) is 0 Å². The summed E-state index contributed by atoms with van der Waals surface area (Å²) in [4.78, 5) is 28.5. The minimum absolute atomic E-state index is 0.146. The molecule has 0 atom stereocenters. The van der Waals surface area contributed by atoms with Crippen LogP contribution in [0.15, 0.2) is 36.4 Å². The molecule has 1 aliphatic heterocycles. The van der Waals surface area contributed by atoms with Gasteiger partial charge in [-0.3, -0.25) is 14.9 Å². The summed E-state index contributed by atoms with van der Waals surface area (Å²) in [6.07, 6.45) is 0. The topological polar surface area (TPSA) is 100.0 Å². The normalized spacial score (nSPS) is 14.3. The Labute approximate surface area is 188 Å². The van der Waals surface area contributed by atoms with Crippen LogP contribution < -0.4 is 15.5 Å². The third-order valence-electron chi connectivity index (χ3n) is 5.72. The van der Waals surface area contributed by atoms with Crippen molar-refractivity contribution in [3.05, 3.63) is 57.6 Å². The van der Waals surface area contributed by atoms with E-state index < -0.39 is 4.92 Å². The first-order chi connectivity index (χ1) is 15.4. The minimum atomic E-state index is -0.496. The average Bonchev–Trinajstić information content (AvgIpc) is 2.80. The Morgan fingerprint density at radius 1 is 1.12 bits per heavy atom. The number of piperazine rings is 1. The van der Waals surface area contributed by atoms with Crippen molar-refractivity contribution >= 4 is 28.7 Å². The summed E-state index contributed by atoms with van der Waals surface area (Å²) in [6, 6.07) is 10.4. The largest absolute Gasteiger partial charge is 0.383 e. The molecule has 2 aromatic carbocycles. The van der Waals surface area contributed by atoms with Crippen molar-refractivity contribution in [2.24, 2.45) is 0 Å². The molecule has 1 amide bonds. The van der Waals surface area contributed by atoms with Crippen molar-refractivity contribution in [2.45, 2.75) is 13.8 Å². The molecule has 9 heteroatoms. The van der Waals surface area contributed by atoms with Crippen LogP contribution in [-0.4, -0.2) is 68.7 Å². The quantitative estimate of drug-likeness (QED) is 0.350. The average molecular weight is 442 g/mol. The lowest BCUT2D eigenvalue weighted by atomic mass is 10.1. The maximum Gasteiger partial charge on any atom is 0.293 e. The second-order valence-corrected chi connectivity index (χ2v) is 7.78. The van der Waals surface area contributed by atoms with Gasteiger partial charge in [0.05, 0.1) is 11.5 Å². The SMILES string of the molecule is CCN1CCN(c2ccc(NC(=O)c3ccc(NCCOC)c([N+](=O)[O-])c3)c(C)c2)CC1. The van der Waals surface area contributed by atoms with E-state index in [9.17, 15) is 14.9 Å². The Hall–Kier alpha value is -3.17. The van der Waals surface area contributed by atoms with Crippen molar-refractivity contribution in [1.82, 2.24) is 4.90 Å². The zero-order valence-electron chi connectivity index (χ0n) is 18.9. The monoisotopic (exact) mass is 441 g/mol. The Kier molecular flexibility index (Phi) is 8.02. The number of aryl methyl sites for hydroxylation is 1. The summed E-state index contributed by atoms with van der Waals surface area (Å²) in [6.45, 7) is 10.1. The molecule has 172 valence electrons. The summed E-state index contributed by atoms with van der Waals surface area (Å²) < 4.78 is 4.96. The van der Waals surface area contributed by atoms with E-state index in [2.05, 4.69) is 33.4 Å². The molecular formula is C23H31N5O4. The lowest BCUT2D eigenvalue weighted by molar-refractivity contribution is -0.384. The van der Waals surface area contributed by atoms with Gasteiger partial charge < -0.3 is 25.2 Å². The zero-order chi connectivity index (χ0) is 23.1. The van der Waals surface area contributed by atoms with Gasteiger partial charge in [-0.2, -0.15) is 0 Å². The number of benzene rings is 2. The van der Waals surface area contributed by atoms with Gasteiger partial charge in [0.15, 0.2) is 0 Å². The minimum Gasteiger partial charge on any atom is -0.383 e. The van der Waals surface area contributed by atoms with E-state index in [-0.39, 0.29) is 17.2 Å². The molecule has 0 radical (unpaired) electrons. The van der Waals surface area contributed by atoms with Gasteiger partial charge >= 0.3 is 0 Å². The van der Waals surface area contributed by atoms with Crippen LogP contribution in [0.1, 0.15) is 22.8 Å². The first-order valence-electron chi connectivity index (χ1n) is 10.8. The molecule has 1 saturated heterocycles. The molecule has 0 unspecified atom stereocenters. The summed E-state index contributed by atoms with van der Waals surface area (Å²) in [5, 5.41) is 17.3. The van der Waals surface area contributed by atoms with Crippen LogP contribution >= 0.6 is 0 Å². The molecular weight excluding hydrogens is 410 g/mol. The van der Waals surface area contributed by atoms with Crippen molar-refractivity contribution < 1.29 is 14.5 Å². The fourth-order valence-corrected chi connectivity index (χ4v) is 3.76. The molecule has 0 spiro atoms. The van der Waals surface area contributed by atoms with Crippen LogP contribution in [0.3, 0.4) is 0 Å². The highest BCUT2D eigenvalue weighted by molar-refractivity contribution is 6.05. The van der Waals surface area contributed by atoms with Crippen LogP contribution in [0, 0.1) is 17.0 Å². The van der Waals surface area contributed by atoms with Crippen molar-refractivity contribution in [3.8, 4) is 0 Å². The van der Waals surface area contributed by atoms with E-state index in [0.717, 1.165) is 44.0 Å². The second kappa shape index (κ2) is 10.9. The predicted molar refractivity (Wildman–Crippen MR) is 127 cm³/mol. The van der Waals surface area contributed by atoms with E-state index in [0.29, 0.717) is 24.5 Å². The molecule has 1 aliphatic rings. The summed E-state index contributed by atoms with van der Waals surface area (Å²) in [7, 11) is 1.56. The molecule has 9 nitrogen and oxygen atoms in total. The van der Waals surface area contributed by atoms with Crippen molar-refractivity contribution in [1.29, 1.82) is 0 Å². The highest BCUT2D eigenvalue weighted by Crippen LogP contribution is 2.27. The number of likely N-dealkylation sites (N-methyl/N-ethyl adjacent to an activating group) is 1.